The first kappa shape index (κ1) is 11.9. The minimum atomic E-state index is 0.457. The zero-order valence-corrected chi connectivity index (χ0v) is 11.4. The van der Waals surface area contributed by atoms with E-state index in [1.165, 1.54) is 11.3 Å². The van der Waals surface area contributed by atoms with Gasteiger partial charge in [0.05, 0.1) is 6.10 Å². The minimum absolute atomic E-state index is 0.457. The minimum Gasteiger partial charge on any atom is -0.382 e. The van der Waals surface area contributed by atoms with Crippen molar-refractivity contribution in [1.29, 1.82) is 0 Å². The number of methoxy groups -OCH3 is 1. The van der Waals surface area contributed by atoms with E-state index in [0.29, 0.717) is 12.1 Å². The summed E-state index contributed by atoms with van der Waals surface area (Å²) < 4.78 is 6.43. The fourth-order valence-corrected chi connectivity index (χ4v) is 2.50. The van der Waals surface area contributed by atoms with Crippen LogP contribution in [0.4, 0.5) is 5.69 Å². The van der Waals surface area contributed by atoms with Gasteiger partial charge in [-0.2, -0.15) is 0 Å². The first-order valence-electron chi connectivity index (χ1n) is 5.80. The fourth-order valence-electron chi connectivity index (χ4n) is 2.09. The Bertz CT molecular complexity index is 361. The number of halogens is 1. The van der Waals surface area contributed by atoms with Crippen LogP contribution in [0.1, 0.15) is 25.3 Å². The van der Waals surface area contributed by atoms with E-state index in [1.807, 2.05) is 0 Å². The third kappa shape index (κ3) is 2.58. The molecule has 0 aromatic heterocycles. The molecule has 1 aliphatic rings. The third-order valence-corrected chi connectivity index (χ3v) is 3.73. The van der Waals surface area contributed by atoms with Crippen molar-refractivity contribution in [2.24, 2.45) is 0 Å². The van der Waals surface area contributed by atoms with Gasteiger partial charge in [-0.05, 0) is 43.0 Å². The van der Waals surface area contributed by atoms with Gasteiger partial charge in [0.25, 0.3) is 0 Å². The molecule has 0 heterocycles. The monoisotopic (exact) mass is 283 g/mol. The summed E-state index contributed by atoms with van der Waals surface area (Å²) in [4.78, 5) is 0. The first-order chi connectivity index (χ1) is 7.72. The van der Waals surface area contributed by atoms with Crippen LogP contribution >= 0.6 is 15.9 Å². The van der Waals surface area contributed by atoms with Gasteiger partial charge in [0.1, 0.15) is 0 Å². The maximum absolute atomic E-state index is 5.28. The van der Waals surface area contributed by atoms with Crippen molar-refractivity contribution < 1.29 is 4.74 Å². The zero-order valence-electron chi connectivity index (χ0n) is 9.79. The summed E-state index contributed by atoms with van der Waals surface area (Å²) in [5.41, 5.74) is 2.64. The molecule has 1 fully saturated rings. The average molecular weight is 284 g/mol. The lowest BCUT2D eigenvalue weighted by atomic mass is 9.89. The number of hydrogen-bond donors (Lipinski definition) is 1. The molecule has 1 aliphatic carbocycles. The van der Waals surface area contributed by atoms with E-state index >= 15 is 0 Å². The zero-order chi connectivity index (χ0) is 11.5. The second-order valence-electron chi connectivity index (χ2n) is 4.33. The normalized spacial score (nSPS) is 23.9. The van der Waals surface area contributed by atoms with E-state index < -0.39 is 0 Å². The van der Waals surface area contributed by atoms with Crippen LogP contribution in [-0.4, -0.2) is 19.3 Å². The maximum atomic E-state index is 5.28. The van der Waals surface area contributed by atoms with E-state index in [1.54, 1.807) is 7.11 Å². The summed E-state index contributed by atoms with van der Waals surface area (Å²) in [6, 6.07) is 7.02. The summed E-state index contributed by atoms with van der Waals surface area (Å²) in [5.74, 6) is 0. The van der Waals surface area contributed by atoms with Crippen molar-refractivity contribution in [2.45, 2.75) is 38.3 Å². The summed E-state index contributed by atoms with van der Waals surface area (Å²) in [5, 5.41) is 3.59. The van der Waals surface area contributed by atoms with Crippen molar-refractivity contribution in [3.63, 3.8) is 0 Å². The Morgan fingerprint density at radius 2 is 2.19 bits per heavy atom. The second-order valence-corrected chi connectivity index (χ2v) is 5.24. The first-order valence-corrected chi connectivity index (χ1v) is 6.60. The second kappa shape index (κ2) is 5.19. The van der Waals surface area contributed by atoms with Crippen LogP contribution in [0.25, 0.3) is 0 Å². The van der Waals surface area contributed by atoms with E-state index in [2.05, 4.69) is 46.4 Å². The topological polar surface area (TPSA) is 21.3 Å². The van der Waals surface area contributed by atoms with Gasteiger partial charge in [-0.1, -0.05) is 22.9 Å². The lowest BCUT2D eigenvalue weighted by molar-refractivity contribution is 0.0328. The standard InChI is InChI=1S/C13H18BrNO/c1-3-9-6-10(14)4-5-13(9)15-11-7-12(8-11)16-2/h4-6,11-12,15H,3,7-8H2,1-2H3. The van der Waals surface area contributed by atoms with Crippen LogP contribution in [0.3, 0.4) is 0 Å². The van der Waals surface area contributed by atoms with Gasteiger partial charge in [0.15, 0.2) is 0 Å². The molecule has 0 unspecified atom stereocenters. The Morgan fingerprint density at radius 3 is 2.81 bits per heavy atom. The van der Waals surface area contributed by atoms with Gasteiger partial charge >= 0.3 is 0 Å². The Kier molecular flexibility index (Phi) is 3.87. The molecule has 0 radical (unpaired) electrons. The fraction of sp³-hybridized carbons (Fsp3) is 0.538. The molecule has 2 rings (SSSR count). The SMILES string of the molecule is CCc1cc(Br)ccc1NC1CC(OC)C1. The summed E-state index contributed by atoms with van der Waals surface area (Å²) in [6.07, 6.45) is 3.76. The molecule has 1 aromatic rings. The predicted molar refractivity (Wildman–Crippen MR) is 71.0 cm³/mol. The third-order valence-electron chi connectivity index (χ3n) is 3.24. The van der Waals surface area contributed by atoms with Gasteiger partial charge in [-0.25, -0.2) is 0 Å². The molecule has 16 heavy (non-hydrogen) atoms. The Labute approximate surface area is 106 Å². The van der Waals surface area contributed by atoms with Crippen molar-refractivity contribution in [3.8, 4) is 0 Å². The Morgan fingerprint density at radius 1 is 1.44 bits per heavy atom. The molecule has 1 saturated carbocycles. The molecule has 0 saturated heterocycles. The number of anilines is 1. The van der Waals surface area contributed by atoms with Crippen molar-refractivity contribution in [1.82, 2.24) is 0 Å². The maximum Gasteiger partial charge on any atom is 0.0610 e. The van der Waals surface area contributed by atoms with E-state index in [9.17, 15) is 0 Å². The quantitative estimate of drug-likeness (QED) is 0.912. The molecular formula is C13H18BrNO. The van der Waals surface area contributed by atoms with Gasteiger partial charge in [0.2, 0.25) is 0 Å². The highest BCUT2D eigenvalue weighted by molar-refractivity contribution is 9.10. The molecule has 0 aliphatic heterocycles. The van der Waals surface area contributed by atoms with Gasteiger partial charge in [-0.3, -0.25) is 0 Å². The number of aryl methyl sites for hydroxylation is 1. The smallest absolute Gasteiger partial charge is 0.0610 e. The van der Waals surface area contributed by atoms with Crippen molar-refractivity contribution >= 4 is 21.6 Å². The van der Waals surface area contributed by atoms with E-state index in [4.69, 9.17) is 4.74 Å². The number of benzene rings is 1. The van der Waals surface area contributed by atoms with Crippen LogP contribution in [0.2, 0.25) is 0 Å². The van der Waals surface area contributed by atoms with Gasteiger partial charge in [-0.15, -0.1) is 0 Å². The molecule has 88 valence electrons. The summed E-state index contributed by atoms with van der Waals surface area (Å²) in [7, 11) is 1.79. The number of rotatable bonds is 4. The largest absolute Gasteiger partial charge is 0.382 e. The lowest BCUT2D eigenvalue weighted by Gasteiger charge is -2.35. The van der Waals surface area contributed by atoms with Crippen LogP contribution in [0.15, 0.2) is 22.7 Å². The molecule has 0 spiro atoms. The van der Waals surface area contributed by atoms with Crippen LogP contribution in [0.5, 0.6) is 0 Å². The number of ether oxygens (including phenoxy) is 1. The molecule has 3 heteroatoms. The van der Waals surface area contributed by atoms with Crippen LogP contribution in [0, 0.1) is 0 Å². The van der Waals surface area contributed by atoms with Gasteiger partial charge in [0, 0.05) is 23.3 Å². The van der Waals surface area contributed by atoms with Crippen LogP contribution in [-0.2, 0) is 11.2 Å². The molecule has 1 N–H and O–H groups in total. The molecule has 0 atom stereocenters. The average Bonchev–Trinajstić information content (AvgIpc) is 2.24. The molecule has 2 nitrogen and oxygen atoms in total. The summed E-state index contributed by atoms with van der Waals surface area (Å²) >= 11 is 3.51. The highest BCUT2D eigenvalue weighted by atomic mass is 79.9. The molecule has 0 bridgehead atoms. The van der Waals surface area contributed by atoms with E-state index in [0.717, 1.165) is 23.7 Å². The van der Waals surface area contributed by atoms with Crippen molar-refractivity contribution in [3.05, 3.63) is 28.2 Å². The predicted octanol–water partition coefficient (Wildman–Crippen LogP) is 3.60. The number of hydrogen-bond acceptors (Lipinski definition) is 2. The Hall–Kier alpha value is -0.540. The highest BCUT2D eigenvalue weighted by Gasteiger charge is 2.28. The number of nitrogens with one attached hydrogen (secondary N) is 1. The lowest BCUT2D eigenvalue weighted by Crippen LogP contribution is -2.40. The highest BCUT2D eigenvalue weighted by Crippen LogP contribution is 2.29. The Balaban J connectivity index is 1.99. The van der Waals surface area contributed by atoms with E-state index in [-0.39, 0.29) is 0 Å². The molecule has 1 aromatic carbocycles. The van der Waals surface area contributed by atoms with Gasteiger partial charge < -0.3 is 10.1 Å². The van der Waals surface area contributed by atoms with Crippen molar-refractivity contribution in [2.75, 3.05) is 12.4 Å². The van der Waals surface area contributed by atoms with Crippen LogP contribution < -0.4 is 5.32 Å². The summed E-state index contributed by atoms with van der Waals surface area (Å²) in [6.45, 7) is 2.19. The molecular weight excluding hydrogens is 266 g/mol. The molecule has 0 amide bonds.